The fourth-order valence-corrected chi connectivity index (χ4v) is 3.39. The number of allylic oxidation sites excluding steroid dienone is 1. The molecule has 0 radical (unpaired) electrons. The molecule has 2 aromatic heterocycles. The van der Waals surface area contributed by atoms with E-state index in [0.717, 1.165) is 23.8 Å². The maximum atomic E-state index is 4.67. The first-order chi connectivity index (χ1) is 9.92. The van der Waals surface area contributed by atoms with E-state index < -0.39 is 0 Å². The highest BCUT2D eigenvalue weighted by Crippen LogP contribution is 2.27. The summed E-state index contributed by atoms with van der Waals surface area (Å²) in [7, 11) is 2.14. The van der Waals surface area contributed by atoms with Crippen LogP contribution in [0.2, 0.25) is 0 Å². The summed E-state index contributed by atoms with van der Waals surface area (Å²) in [6.07, 6.45) is 3.98. The van der Waals surface area contributed by atoms with Crippen molar-refractivity contribution in [3.05, 3.63) is 45.7 Å². The number of hydrogen-bond donors (Lipinski definition) is 0. The Morgan fingerprint density at radius 1 is 1.43 bits per heavy atom. The van der Waals surface area contributed by atoms with Crippen molar-refractivity contribution in [1.82, 2.24) is 19.7 Å². The predicted octanol–water partition coefficient (Wildman–Crippen LogP) is 3.64. The monoisotopic (exact) mass is 304 g/mol. The van der Waals surface area contributed by atoms with Crippen molar-refractivity contribution < 1.29 is 0 Å². The molecule has 0 aliphatic carbocycles. The SMILES string of the molecule is C=CCn1cc(CN(C)[C@H](C)c2nc(C)sc2C)c(C)n1. The molecule has 0 fully saturated rings. The highest BCUT2D eigenvalue weighted by Gasteiger charge is 2.19. The zero-order chi connectivity index (χ0) is 15.6. The molecule has 0 bridgehead atoms. The van der Waals surface area contributed by atoms with Gasteiger partial charge in [0.2, 0.25) is 0 Å². The third-order valence-corrected chi connectivity index (χ3v) is 4.68. The molecule has 21 heavy (non-hydrogen) atoms. The minimum atomic E-state index is 0.303. The zero-order valence-corrected chi connectivity index (χ0v) is 14.4. The quantitative estimate of drug-likeness (QED) is 0.764. The second-order valence-corrected chi connectivity index (χ2v) is 6.92. The molecule has 0 unspecified atom stereocenters. The van der Waals surface area contributed by atoms with Gasteiger partial charge < -0.3 is 0 Å². The maximum absolute atomic E-state index is 4.67. The van der Waals surface area contributed by atoms with Gasteiger partial charge in [0, 0.05) is 23.2 Å². The van der Waals surface area contributed by atoms with E-state index in [4.69, 9.17) is 0 Å². The van der Waals surface area contributed by atoms with Gasteiger partial charge in [-0.15, -0.1) is 17.9 Å². The smallest absolute Gasteiger partial charge is 0.0900 e. The van der Waals surface area contributed by atoms with Gasteiger partial charge >= 0.3 is 0 Å². The number of aryl methyl sites for hydroxylation is 3. The molecule has 0 aliphatic heterocycles. The van der Waals surface area contributed by atoms with E-state index in [9.17, 15) is 0 Å². The number of thiazole rings is 1. The molecular weight excluding hydrogens is 280 g/mol. The molecule has 114 valence electrons. The first-order valence-electron chi connectivity index (χ1n) is 7.20. The Hall–Kier alpha value is -1.46. The molecule has 4 nitrogen and oxygen atoms in total. The molecule has 5 heteroatoms. The lowest BCUT2D eigenvalue weighted by molar-refractivity contribution is 0.248. The lowest BCUT2D eigenvalue weighted by atomic mass is 10.1. The van der Waals surface area contributed by atoms with Crippen molar-refractivity contribution in [3.8, 4) is 0 Å². The average molecular weight is 304 g/mol. The molecule has 0 N–H and O–H groups in total. The normalized spacial score (nSPS) is 12.9. The van der Waals surface area contributed by atoms with Crippen molar-refractivity contribution in [1.29, 1.82) is 0 Å². The van der Waals surface area contributed by atoms with Gasteiger partial charge in [0.1, 0.15) is 0 Å². The number of rotatable bonds is 6. The summed E-state index contributed by atoms with van der Waals surface area (Å²) in [5.74, 6) is 0. The van der Waals surface area contributed by atoms with E-state index in [1.165, 1.54) is 16.1 Å². The molecule has 0 spiro atoms. The summed E-state index contributed by atoms with van der Waals surface area (Å²) in [6, 6.07) is 0.303. The van der Waals surface area contributed by atoms with Crippen molar-refractivity contribution in [2.24, 2.45) is 0 Å². The van der Waals surface area contributed by atoms with E-state index in [0.29, 0.717) is 6.04 Å². The fourth-order valence-electron chi connectivity index (χ4n) is 2.49. The molecule has 1 atom stereocenters. The average Bonchev–Trinajstić information content (AvgIpc) is 2.92. The van der Waals surface area contributed by atoms with Crippen LogP contribution >= 0.6 is 11.3 Å². The van der Waals surface area contributed by atoms with Crippen LogP contribution in [-0.4, -0.2) is 26.7 Å². The largest absolute Gasteiger partial charge is 0.294 e. The summed E-state index contributed by atoms with van der Waals surface area (Å²) in [5, 5.41) is 5.65. The topological polar surface area (TPSA) is 34.0 Å². The van der Waals surface area contributed by atoms with E-state index in [1.54, 1.807) is 11.3 Å². The first kappa shape index (κ1) is 15.9. The second kappa shape index (κ2) is 6.54. The highest BCUT2D eigenvalue weighted by atomic mass is 32.1. The second-order valence-electron chi connectivity index (χ2n) is 5.52. The van der Waals surface area contributed by atoms with Crippen LogP contribution in [0.3, 0.4) is 0 Å². The minimum Gasteiger partial charge on any atom is -0.294 e. The molecule has 2 aromatic rings. The standard InChI is InChI=1S/C16H24N4S/c1-7-8-20-10-15(11(2)18-20)9-19(6)12(3)16-13(4)21-14(5)17-16/h7,10,12H,1,8-9H2,2-6H3/t12-/m1/s1. The van der Waals surface area contributed by atoms with Crippen LogP contribution in [0.5, 0.6) is 0 Å². The minimum absolute atomic E-state index is 0.303. The number of aromatic nitrogens is 3. The number of hydrogen-bond acceptors (Lipinski definition) is 4. The Morgan fingerprint density at radius 2 is 2.14 bits per heavy atom. The molecule has 0 aromatic carbocycles. The Bertz CT molecular complexity index is 626. The van der Waals surface area contributed by atoms with Crippen LogP contribution < -0.4 is 0 Å². The fraction of sp³-hybridized carbons (Fsp3) is 0.500. The summed E-state index contributed by atoms with van der Waals surface area (Å²) in [5.41, 5.74) is 3.54. The summed E-state index contributed by atoms with van der Waals surface area (Å²) >= 11 is 1.77. The van der Waals surface area contributed by atoms with E-state index >= 15 is 0 Å². The summed E-state index contributed by atoms with van der Waals surface area (Å²) < 4.78 is 1.94. The van der Waals surface area contributed by atoms with E-state index in [-0.39, 0.29) is 0 Å². The van der Waals surface area contributed by atoms with Gasteiger partial charge in [-0.05, 0) is 34.7 Å². The van der Waals surface area contributed by atoms with Crippen LogP contribution in [-0.2, 0) is 13.1 Å². The van der Waals surface area contributed by atoms with Crippen LogP contribution in [0.4, 0.5) is 0 Å². The number of nitrogens with zero attached hydrogens (tertiary/aromatic N) is 4. The van der Waals surface area contributed by atoms with Gasteiger partial charge in [0.25, 0.3) is 0 Å². The first-order valence-corrected chi connectivity index (χ1v) is 8.02. The Kier molecular flexibility index (Phi) is 4.96. The van der Waals surface area contributed by atoms with Gasteiger partial charge in [0.15, 0.2) is 0 Å². The molecule has 2 heterocycles. The van der Waals surface area contributed by atoms with Gasteiger partial charge in [-0.3, -0.25) is 9.58 Å². The van der Waals surface area contributed by atoms with Gasteiger partial charge in [-0.2, -0.15) is 5.10 Å². The Labute approximate surface area is 131 Å². The van der Waals surface area contributed by atoms with Gasteiger partial charge in [-0.25, -0.2) is 4.98 Å². The highest BCUT2D eigenvalue weighted by molar-refractivity contribution is 7.11. The van der Waals surface area contributed by atoms with Gasteiger partial charge in [0.05, 0.1) is 29.0 Å². The molecular formula is C16H24N4S. The zero-order valence-electron chi connectivity index (χ0n) is 13.6. The van der Waals surface area contributed by atoms with E-state index in [2.05, 4.69) is 62.5 Å². The third kappa shape index (κ3) is 3.60. The van der Waals surface area contributed by atoms with Crippen molar-refractivity contribution in [3.63, 3.8) is 0 Å². The van der Waals surface area contributed by atoms with Crippen molar-refractivity contribution >= 4 is 11.3 Å². The Balaban J connectivity index is 2.12. The molecule has 0 saturated carbocycles. The van der Waals surface area contributed by atoms with Gasteiger partial charge in [-0.1, -0.05) is 6.08 Å². The van der Waals surface area contributed by atoms with Crippen molar-refractivity contribution in [2.45, 2.75) is 46.8 Å². The van der Waals surface area contributed by atoms with Crippen LogP contribution in [0, 0.1) is 20.8 Å². The van der Waals surface area contributed by atoms with E-state index in [1.807, 2.05) is 10.8 Å². The molecule has 0 amide bonds. The Morgan fingerprint density at radius 3 is 2.71 bits per heavy atom. The maximum Gasteiger partial charge on any atom is 0.0900 e. The molecule has 2 rings (SSSR count). The lowest BCUT2D eigenvalue weighted by Gasteiger charge is -2.23. The van der Waals surface area contributed by atoms with Crippen LogP contribution in [0.15, 0.2) is 18.9 Å². The van der Waals surface area contributed by atoms with Crippen molar-refractivity contribution in [2.75, 3.05) is 7.05 Å². The molecule has 0 saturated heterocycles. The molecule has 0 aliphatic rings. The summed E-state index contributed by atoms with van der Waals surface area (Å²) in [6.45, 7) is 13.9. The predicted molar refractivity (Wildman–Crippen MR) is 88.6 cm³/mol. The summed E-state index contributed by atoms with van der Waals surface area (Å²) in [4.78, 5) is 8.31. The third-order valence-electron chi connectivity index (χ3n) is 3.78. The van der Waals surface area contributed by atoms with Crippen LogP contribution in [0.1, 0.15) is 39.8 Å². The lowest BCUT2D eigenvalue weighted by Crippen LogP contribution is -2.23. The van der Waals surface area contributed by atoms with Crippen LogP contribution in [0.25, 0.3) is 0 Å².